The van der Waals surface area contributed by atoms with E-state index >= 15 is 0 Å². The Hall–Kier alpha value is -14.8. The molecule has 0 aliphatic heterocycles. The Balaban J connectivity index is 0.000000124. The molecule has 20 aromatic rings. The second kappa shape index (κ2) is 42.6. The van der Waals surface area contributed by atoms with Crippen molar-refractivity contribution < 1.29 is 43.5 Å². The molecule has 41 heteroatoms. The molecule has 0 amide bonds. The number of carbonyl (C=O) groups excluding carboxylic acids is 1. The largest absolute Gasteiger partial charge is 0.507 e. The molecule has 0 bridgehead atoms. The fourth-order valence-corrected chi connectivity index (χ4v) is 20.4. The number of alkyl halides is 2. The van der Waals surface area contributed by atoms with Gasteiger partial charge in [0.1, 0.15) is 34.5 Å². The third-order valence-corrected chi connectivity index (χ3v) is 27.2. The maximum absolute atomic E-state index is 11.4. The van der Waals surface area contributed by atoms with Crippen LogP contribution in [0.4, 0.5) is 58.2 Å². The molecule has 0 saturated carbocycles. The maximum Gasteiger partial charge on any atom is 0.341 e. The zero-order valence-electron chi connectivity index (χ0n) is 75.6. The number of nitrogens with zero attached hydrogens (tertiary/aromatic N) is 20. The van der Waals surface area contributed by atoms with Crippen molar-refractivity contribution in [1.29, 1.82) is 0 Å². The van der Waals surface area contributed by atoms with Crippen molar-refractivity contribution in [3.8, 4) is 90.1 Å². The van der Waals surface area contributed by atoms with Crippen LogP contribution in [0.2, 0.25) is 0 Å². The highest BCUT2D eigenvalue weighted by Crippen LogP contribution is 2.48. The van der Waals surface area contributed by atoms with Crippen molar-refractivity contribution >= 4 is 210 Å². The van der Waals surface area contributed by atoms with Gasteiger partial charge in [0.2, 0.25) is 29.7 Å². The van der Waals surface area contributed by atoms with Crippen LogP contribution in [-0.2, 0) is 45.4 Å². The summed E-state index contributed by atoms with van der Waals surface area (Å²) in [5.74, 6) is 5.15. The number of nitrogens with one attached hydrogen (secondary N) is 5. The Bertz CT molecular complexity index is 7730. The number of carboxylic acid groups (broad SMARTS) is 1. The Morgan fingerprint density at radius 1 is 0.397 bits per heavy atom. The highest BCUT2D eigenvalue weighted by molar-refractivity contribution is 9.09. The van der Waals surface area contributed by atoms with Crippen molar-refractivity contribution in [2.75, 3.05) is 66.5 Å². The second-order valence-corrected chi connectivity index (χ2v) is 38.2. The molecule has 0 atom stereocenters. The molecule has 15 heterocycles. The molecule has 0 radical (unpaired) electrons. The number of fused-ring (bicyclic) bond motifs is 5. The first-order valence-corrected chi connectivity index (χ1v) is 48.3. The zero-order valence-corrected chi connectivity index (χ0v) is 82.8. The second-order valence-electron chi connectivity index (χ2n) is 30.5. The van der Waals surface area contributed by atoms with Gasteiger partial charge in [0, 0.05) is 169 Å². The van der Waals surface area contributed by atoms with E-state index in [2.05, 4.69) is 151 Å². The van der Waals surface area contributed by atoms with E-state index in [4.69, 9.17) is 43.7 Å². The third-order valence-electron chi connectivity index (χ3n) is 20.9. The lowest BCUT2D eigenvalue weighted by atomic mass is 10.0. The normalized spacial score (nSPS) is 11.0. The minimum atomic E-state index is -1.04. The average molecular weight is 2050 g/mol. The van der Waals surface area contributed by atoms with Crippen LogP contribution in [0.3, 0.4) is 0 Å². The van der Waals surface area contributed by atoms with Gasteiger partial charge in [-0.15, -0.1) is 56.7 Å². The summed E-state index contributed by atoms with van der Waals surface area (Å²) in [4.78, 5) is 73.5. The standard InChI is InChI=1S/C21H22BrN5O2S.C20H19N5O4S.C19H18BrN5OS.C18H15N5OS.C17H15N5OS/c1-13-19(16-6-5-15(9-17(16)28-3)29-8-4-7-22)20-18(30-13)11-23-21(26-20)25-14-10-24-27(2)12-14;1-11-18(14-5-4-13(6-15(14)28-3)29-10-17(26)27)19-16(30-11)8-21-20(24-19)23-12-7-22-25(2)9-12;1-11-17(14-5-4-12(7-20)6-15(14)26-3)18-16(27-11)9-21-19(24-18)23-13-8-22-25(2)10-13;1-11-16(14-6-4-3-5-12(14)10-24)17-15(25-11)8-19-18(22-17)21-13-7-20-23(2)9-13;1-10-15(12-5-3-4-6-13(12)23)16-14(24-10)8-18-17(21-16)20-11-7-19-22(2)9-11/h5-6,9-12H,4,7-8H2,1-3H3,(H,23,25,26);4-9H,10H2,1-3H3,(H,26,27)(H,21,23,24);4-6,8-10H,7H2,1-3H3,(H,21,23,24);3-10H,1-2H3,(H,19,21,22);3-9,23H,1-2H3,(H,18,20,21). The number of aromatic hydroxyl groups is 1. The Morgan fingerprint density at radius 3 is 1.01 bits per heavy atom. The lowest BCUT2D eigenvalue weighted by Crippen LogP contribution is -2.09. The molecule has 5 aromatic carbocycles. The molecule has 34 nitrogen and oxygen atoms in total. The first-order chi connectivity index (χ1) is 65.9. The van der Waals surface area contributed by atoms with Crippen molar-refractivity contribution in [1.82, 2.24) is 98.7 Å². The van der Waals surface area contributed by atoms with Crippen LogP contribution >= 0.6 is 88.5 Å². The highest BCUT2D eigenvalue weighted by Gasteiger charge is 2.25. The minimum absolute atomic E-state index is 0.251. The SMILES string of the molecule is COc1cc(CBr)ccc1-c1c(C)sc2cnc(Nc3cnn(C)c3)nc12.COc1cc(OCC(=O)O)ccc1-c1c(C)sc2cnc(Nc3cnn(C)c3)nc12.COc1cc(OCCCBr)ccc1-c1c(C)sc2cnc(Nc3cnn(C)c3)nc12.Cc1sc2cnc(Nc3cnn(C)c3)nc2c1-c1ccccc1C=O.Cc1sc2cnc(Nc3cnn(C)c3)nc2c1-c1ccccc1O. The Morgan fingerprint density at radius 2 is 0.706 bits per heavy atom. The number of phenols is 1. The number of ether oxygens (including phenoxy) is 5. The number of rotatable bonds is 27. The van der Waals surface area contributed by atoms with Gasteiger partial charge in [-0.05, 0) is 88.6 Å². The topological polar surface area (TPSA) is 399 Å². The number of phenolic OH excluding ortho intramolecular Hbond substituents is 1. The Labute approximate surface area is 815 Å². The van der Waals surface area contributed by atoms with Crippen LogP contribution in [0.5, 0.6) is 34.5 Å². The van der Waals surface area contributed by atoms with E-state index in [1.165, 1.54) is 10.4 Å². The number of hydrogen-bond acceptors (Lipinski definition) is 33. The quantitative estimate of drug-likeness (QED) is 0.0143. The van der Waals surface area contributed by atoms with Crippen LogP contribution in [0, 0.1) is 34.6 Å². The van der Waals surface area contributed by atoms with Crippen molar-refractivity contribution in [2.24, 2.45) is 35.2 Å². The van der Waals surface area contributed by atoms with Gasteiger partial charge in [0.25, 0.3) is 0 Å². The number of aldehydes is 1. The fraction of sp³-hybridized carbons (Fsp3) is 0.189. The van der Waals surface area contributed by atoms with Gasteiger partial charge in [0.05, 0.1) is 169 Å². The molecule has 0 aliphatic rings. The van der Waals surface area contributed by atoms with Crippen LogP contribution in [-0.4, -0.2) is 161 Å². The van der Waals surface area contributed by atoms with Crippen molar-refractivity contribution in [3.05, 3.63) is 232 Å². The van der Waals surface area contributed by atoms with E-state index in [0.717, 1.165) is 195 Å². The number of halogens is 2. The summed E-state index contributed by atoms with van der Waals surface area (Å²) in [7, 11) is 14.2. The number of methoxy groups -OCH3 is 3. The fourth-order valence-electron chi connectivity index (χ4n) is 14.9. The van der Waals surface area contributed by atoms with Crippen molar-refractivity contribution in [2.45, 2.75) is 46.4 Å². The van der Waals surface area contributed by atoms with Gasteiger partial charge in [-0.1, -0.05) is 86.5 Å². The van der Waals surface area contributed by atoms with E-state index in [9.17, 15) is 14.7 Å². The number of anilines is 10. The van der Waals surface area contributed by atoms with Gasteiger partial charge < -0.3 is 60.5 Å². The van der Waals surface area contributed by atoms with E-state index < -0.39 is 12.6 Å². The summed E-state index contributed by atoms with van der Waals surface area (Å²) >= 11 is 15.1. The van der Waals surface area contributed by atoms with Crippen LogP contribution in [0.25, 0.3) is 107 Å². The molecule has 692 valence electrons. The molecule has 0 saturated heterocycles. The average Bonchev–Trinajstić information content (AvgIpc) is 1.50. The predicted molar refractivity (Wildman–Crippen MR) is 547 cm³/mol. The molecular weight excluding hydrogens is 1960 g/mol. The lowest BCUT2D eigenvalue weighted by Gasteiger charge is -2.12. The van der Waals surface area contributed by atoms with Gasteiger partial charge in [0.15, 0.2) is 12.9 Å². The molecule has 0 spiro atoms. The number of carboxylic acids is 1. The number of hydrogen-bond donors (Lipinski definition) is 7. The minimum Gasteiger partial charge on any atom is -0.507 e. The summed E-state index contributed by atoms with van der Waals surface area (Å²) in [6.07, 6.45) is 28.9. The van der Waals surface area contributed by atoms with Gasteiger partial charge in [-0.25, -0.2) is 54.6 Å². The van der Waals surface area contributed by atoms with Crippen LogP contribution in [0.1, 0.15) is 46.7 Å². The van der Waals surface area contributed by atoms with Crippen LogP contribution in [0.15, 0.2) is 196 Å². The molecule has 7 N–H and O–H groups in total. The van der Waals surface area contributed by atoms with Gasteiger partial charge in [-0.2, -0.15) is 25.5 Å². The smallest absolute Gasteiger partial charge is 0.341 e. The number of aliphatic carboxylic acids is 1. The van der Waals surface area contributed by atoms with Crippen molar-refractivity contribution in [3.63, 3.8) is 0 Å². The molecule has 20 rings (SSSR count). The number of aryl methyl sites for hydroxylation is 10. The molecule has 15 aromatic heterocycles. The molecular formula is C95H89Br2N25O9S5. The summed E-state index contributed by atoms with van der Waals surface area (Å²) in [5.41, 5.74) is 19.8. The number of carbonyl (C=O) groups is 2. The Kier molecular flexibility index (Phi) is 29.6. The summed E-state index contributed by atoms with van der Waals surface area (Å²) in [6, 6.07) is 32.3. The van der Waals surface area contributed by atoms with Gasteiger partial charge in [-0.3, -0.25) is 28.2 Å². The van der Waals surface area contributed by atoms with E-state index in [1.807, 2.05) is 179 Å². The first kappa shape index (κ1) is 94.4. The highest BCUT2D eigenvalue weighted by atomic mass is 79.9. The number of thiophene rings is 5. The van der Waals surface area contributed by atoms with E-state index in [1.54, 1.807) is 157 Å². The third kappa shape index (κ3) is 21.9. The van der Waals surface area contributed by atoms with E-state index in [0.29, 0.717) is 53.4 Å². The predicted octanol–water partition coefficient (Wildman–Crippen LogP) is 21.8. The molecule has 0 unspecified atom stereocenters. The summed E-state index contributed by atoms with van der Waals surface area (Å²) < 4.78 is 41.6. The van der Waals surface area contributed by atoms with Gasteiger partial charge >= 0.3 is 5.97 Å². The zero-order chi connectivity index (χ0) is 95.4. The van der Waals surface area contributed by atoms with E-state index in [-0.39, 0.29) is 5.75 Å². The number of para-hydroxylation sites is 1. The lowest BCUT2D eigenvalue weighted by molar-refractivity contribution is -0.139. The molecule has 0 fully saturated rings. The monoisotopic (exact) mass is 2040 g/mol. The molecule has 136 heavy (non-hydrogen) atoms. The summed E-state index contributed by atoms with van der Waals surface area (Å²) in [6.45, 7) is 10.5. The first-order valence-electron chi connectivity index (χ1n) is 41.9. The maximum atomic E-state index is 11.4. The number of aromatic nitrogens is 20. The number of benzene rings is 5. The summed E-state index contributed by atoms with van der Waals surface area (Å²) in [5, 5.41) is 57.4. The molecule has 0 aliphatic carbocycles. The van der Waals surface area contributed by atoms with Crippen LogP contribution < -0.4 is 50.3 Å².